The van der Waals surface area contributed by atoms with Crippen molar-refractivity contribution in [3.05, 3.63) is 34.9 Å². The predicted molar refractivity (Wildman–Crippen MR) is 97.2 cm³/mol. The maximum absolute atomic E-state index is 13.0. The van der Waals surface area contributed by atoms with E-state index in [1.807, 2.05) is 0 Å². The van der Waals surface area contributed by atoms with Gasteiger partial charge in [0.2, 0.25) is 0 Å². The van der Waals surface area contributed by atoms with Crippen LogP contribution >= 0.6 is 0 Å². The van der Waals surface area contributed by atoms with Gasteiger partial charge >= 0.3 is 5.97 Å². The molecule has 0 aromatic heterocycles. The zero-order valence-electron chi connectivity index (χ0n) is 16.0. The number of esters is 1. The van der Waals surface area contributed by atoms with Crippen molar-refractivity contribution >= 4 is 17.8 Å². The number of imide groups is 1. The lowest BCUT2D eigenvalue weighted by Gasteiger charge is -2.48. The van der Waals surface area contributed by atoms with Crippen molar-refractivity contribution in [1.29, 1.82) is 0 Å². The minimum atomic E-state index is -0.488. The van der Waals surface area contributed by atoms with E-state index in [4.69, 9.17) is 4.74 Å². The number of nitrogens with one attached hydrogen (secondary N) is 1. The van der Waals surface area contributed by atoms with Crippen molar-refractivity contribution in [2.24, 2.45) is 0 Å². The van der Waals surface area contributed by atoms with Gasteiger partial charge in [0.1, 0.15) is 0 Å². The number of ether oxygens (including phenoxy) is 1. The molecule has 0 spiro atoms. The highest BCUT2D eigenvalue weighted by Gasteiger charge is 2.47. The van der Waals surface area contributed by atoms with Crippen LogP contribution in [0.4, 0.5) is 0 Å². The van der Waals surface area contributed by atoms with E-state index in [-0.39, 0.29) is 41.1 Å². The van der Waals surface area contributed by atoms with E-state index in [2.05, 4.69) is 33.0 Å². The van der Waals surface area contributed by atoms with Crippen molar-refractivity contribution < 1.29 is 19.1 Å². The third kappa shape index (κ3) is 3.26. The number of piperidine rings is 1. The zero-order valence-corrected chi connectivity index (χ0v) is 16.0. The molecule has 3 rings (SSSR count). The first-order chi connectivity index (χ1) is 12.0. The predicted octanol–water partition coefficient (Wildman–Crippen LogP) is 2.77. The van der Waals surface area contributed by atoms with Crippen LogP contribution in [0.15, 0.2) is 18.2 Å². The van der Waals surface area contributed by atoms with Gasteiger partial charge < -0.3 is 10.1 Å². The molecule has 6 heteroatoms. The summed E-state index contributed by atoms with van der Waals surface area (Å²) < 4.78 is 4.99. The fraction of sp³-hybridized carbons (Fsp3) is 0.550. The Hall–Kier alpha value is -2.21. The summed E-state index contributed by atoms with van der Waals surface area (Å²) in [5.74, 6) is -1.09. The molecular weight excluding hydrogens is 332 g/mol. The molecular formula is C20H26N2O4. The summed E-state index contributed by atoms with van der Waals surface area (Å²) in [4.78, 5) is 39.2. The van der Waals surface area contributed by atoms with E-state index in [0.717, 1.165) is 0 Å². The third-order valence-electron chi connectivity index (χ3n) is 4.96. The fourth-order valence-electron chi connectivity index (χ4n) is 4.38. The van der Waals surface area contributed by atoms with Crippen molar-refractivity contribution in [1.82, 2.24) is 10.2 Å². The van der Waals surface area contributed by atoms with Gasteiger partial charge in [-0.1, -0.05) is 0 Å². The maximum Gasteiger partial charge on any atom is 0.338 e. The highest BCUT2D eigenvalue weighted by Crippen LogP contribution is 2.36. The number of rotatable bonds is 3. The molecule has 0 atom stereocenters. The summed E-state index contributed by atoms with van der Waals surface area (Å²) in [5.41, 5.74) is 0.571. The summed E-state index contributed by atoms with van der Waals surface area (Å²) in [5, 5.41) is 3.56. The van der Waals surface area contributed by atoms with Gasteiger partial charge in [0, 0.05) is 17.1 Å². The van der Waals surface area contributed by atoms with Crippen LogP contribution in [0.5, 0.6) is 0 Å². The van der Waals surface area contributed by atoms with E-state index in [0.29, 0.717) is 24.0 Å². The second kappa shape index (κ2) is 6.20. The molecule has 2 heterocycles. The minimum Gasteiger partial charge on any atom is -0.462 e. The Kier molecular flexibility index (Phi) is 4.43. The molecule has 6 nitrogen and oxygen atoms in total. The first-order valence-corrected chi connectivity index (χ1v) is 9.03. The van der Waals surface area contributed by atoms with Crippen molar-refractivity contribution in [2.75, 3.05) is 6.61 Å². The Balaban J connectivity index is 1.93. The molecule has 2 aliphatic rings. The second-order valence-electron chi connectivity index (χ2n) is 8.42. The summed E-state index contributed by atoms with van der Waals surface area (Å²) in [6, 6.07) is 4.39. The number of amides is 2. The topological polar surface area (TPSA) is 75.7 Å². The maximum atomic E-state index is 13.0. The Morgan fingerprint density at radius 2 is 1.69 bits per heavy atom. The van der Waals surface area contributed by atoms with E-state index in [1.165, 1.54) is 11.0 Å². The first-order valence-electron chi connectivity index (χ1n) is 9.03. The molecule has 1 aromatic rings. The lowest BCUT2D eigenvalue weighted by Crippen LogP contribution is -2.62. The number of nitrogens with zero attached hydrogens (tertiary/aromatic N) is 1. The van der Waals surface area contributed by atoms with Gasteiger partial charge in [-0.2, -0.15) is 0 Å². The van der Waals surface area contributed by atoms with Gasteiger partial charge in [-0.3, -0.25) is 14.5 Å². The van der Waals surface area contributed by atoms with Gasteiger partial charge in [-0.25, -0.2) is 4.79 Å². The summed E-state index contributed by atoms with van der Waals surface area (Å²) >= 11 is 0. The van der Waals surface area contributed by atoms with Crippen molar-refractivity contribution in [3.8, 4) is 0 Å². The summed E-state index contributed by atoms with van der Waals surface area (Å²) in [6.45, 7) is 10.3. The number of hydrogen-bond acceptors (Lipinski definition) is 5. The van der Waals surface area contributed by atoms with Crippen LogP contribution in [0.2, 0.25) is 0 Å². The number of carbonyl (C=O) groups is 3. The number of hydrogen-bond donors (Lipinski definition) is 1. The van der Waals surface area contributed by atoms with Crippen LogP contribution in [-0.2, 0) is 4.74 Å². The summed E-state index contributed by atoms with van der Waals surface area (Å²) in [7, 11) is 0. The van der Waals surface area contributed by atoms with E-state index in [9.17, 15) is 14.4 Å². The summed E-state index contributed by atoms with van der Waals surface area (Å²) in [6.07, 6.45) is 1.37. The molecule has 26 heavy (non-hydrogen) atoms. The average Bonchev–Trinajstić information content (AvgIpc) is 2.75. The number of fused-ring (bicyclic) bond motifs is 1. The highest BCUT2D eigenvalue weighted by molar-refractivity contribution is 6.22. The fourth-order valence-corrected chi connectivity index (χ4v) is 4.38. The Morgan fingerprint density at radius 1 is 1.12 bits per heavy atom. The standard InChI is InChI=1S/C20H26N2O4/c1-6-26-18(25)12-7-8-14-15(9-12)17(24)22(16(14)23)13-10-19(2,3)21-20(4,5)11-13/h7-9,13,21H,6,10-11H2,1-5H3. The second-order valence-corrected chi connectivity index (χ2v) is 8.42. The first kappa shape index (κ1) is 18.6. The van der Waals surface area contributed by atoms with Crippen molar-refractivity contribution in [3.63, 3.8) is 0 Å². The van der Waals surface area contributed by atoms with Gasteiger partial charge in [0.05, 0.1) is 23.3 Å². The molecule has 0 unspecified atom stereocenters. The molecule has 0 bridgehead atoms. The molecule has 140 valence electrons. The molecule has 1 saturated heterocycles. The van der Waals surface area contributed by atoms with Gasteiger partial charge in [0.25, 0.3) is 11.8 Å². The van der Waals surface area contributed by atoms with Crippen LogP contribution in [0.1, 0.15) is 78.5 Å². The molecule has 1 aromatic carbocycles. The van der Waals surface area contributed by atoms with E-state index < -0.39 is 5.97 Å². The Morgan fingerprint density at radius 3 is 2.27 bits per heavy atom. The molecule has 0 aliphatic carbocycles. The lowest BCUT2D eigenvalue weighted by molar-refractivity contribution is 0.0412. The highest BCUT2D eigenvalue weighted by atomic mass is 16.5. The van der Waals surface area contributed by atoms with Gasteiger partial charge in [0.15, 0.2) is 0 Å². The van der Waals surface area contributed by atoms with Crippen LogP contribution in [0, 0.1) is 0 Å². The Labute approximate surface area is 153 Å². The van der Waals surface area contributed by atoms with Gasteiger partial charge in [-0.15, -0.1) is 0 Å². The van der Waals surface area contributed by atoms with Crippen LogP contribution in [0.3, 0.4) is 0 Å². The molecule has 2 amide bonds. The largest absolute Gasteiger partial charge is 0.462 e. The lowest BCUT2D eigenvalue weighted by atomic mass is 9.79. The van der Waals surface area contributed by atoms with E-state index >= 15 is 0 Å². The minimum absolute atomic E-state index is 0.181. The molecule has 0 saturated carbocycles. The smallest absolute Gasteiger partial charge is 0.338 e. The normalized spacial score (nSPS) is 21.7. The average molecular weight is 358 g/mol. The molecule has 2 aliphatic heterocycles. The van der Waals surface area contributed by atoms with Crippen LogP contribution in [-0.4, -0.2) is 46.4 Å². The SMILES string of the molecule is CCOC(=O)c1ccc2c(c1)C(=O)N(C1CC(C)(C)NC(C)(C)C1)C2=O. The monoisotopic (exact) mass is 358 g/mol. The zero-order chi connectivity index (χ0) is 19.3. The Bertz CT molecular complexity index is 766. The van der Waals surface area contributed by atoms with Crippen molar-refractivity contribution in [2.45, 2.75) is 64.6 Å². The van der Waals surface area contributed by atoms with Gasteiger partial charge in [-0.05, 0) is 65.7 Å². The van der Waals surface area contributed by atoms with Crippen LogP contribution < -0.4 is 5.32 Å². The third-order valence-corrected chi connectivity index (χ3v) is 4.96. The van der Waals surface area contributed by atoms with E-state index in [1.54, 1.807) is 19.1 Å². The number of benzene rings is 1. The quantitative estimate of drug-likeness (QED) is 0.664. The van der Waals surface area contributed by atoms with Crippen LogP contribution in [0.25, 0.3) is 0 Å². The molecule has 0 radical (unpaired) electrons. The molecule has 1 N–H and O–H groups in total. The number of carbonyl (C=O) groups excluding carboxylic acids is 3. The molecule has 1 fully saturated rings.